The van der Waals surface area contributed by atoms with Gasteiger partial charge < -0.3 is 5.73 Å². The lowest BCUT2D eigenvalue weighted by atomic mass is 10.6. The van der Waals surface area contributed by atoms with Crippen LogP contribution in [0.1, 0.15) is 0 Å². The standard InChI is InChI=1S/C4H3N3/c5-4-1-2-6-3-7-4/h1H,(H2,5,6,7). The van der Waals surface area contributed by atoms with Crippen molar-refractivity contribution < 1.29 is 0 Å². The van der Waals surface area contributed by atoms with Crippen LogP contribution in [-0.2, 0) is 0 Å². The third-order valence-electron chi connectivity index (χ3n) is 0.506. The molecule has 0 spiro atoms. The summed E-state index contributed by atoms with van der Waals surface area (Å²) in [6, 6.07) is 1.48. The molecule has 0 aliphatic carbocycles. The number of hydrogen-bond acceptors (Lipinski definition) is 3. The molecular formula is C4H3N3. The normalized spacial score (nSPS) is 8.57. The summed E-state index contributed by atoms with van der Waals surface area (Å²) in [5.74, 6) is 0.398. The predicted octanol–water partition coefficient (Wildman–Crippen LogP) is -0.341. The first-order valence-corrected chi connectivity index (χ1v) is 1.76. The SMILES string of the molecule is Nc1c[c]n[c]n1. The van der Waals surface area contributed by atoms with E-state index in [1.165, 1.54) is 6.07 Å². The number of aromatic nitrogens is 2. The molecule has 1 heterocycles. The molecule has 0 atom stereocenters. The third-order valence-corrected chi connectivity index (χ3v) is 0.506. The highest BCUT2D eigenvalue weighted by atomic mass is 14.9. The molecule has 0 bridgehead atoms. The Morgan fingerprint density at radius 1 is 1.71 bits per heavy atom. The van der Waals surface area contributed by atoms with E-state index in [0.717, 1.165) is 0 Å². The van der Waals surface area contributed by atoms with Crippen molar-refractivity contribution in [2.24, 2.45) is 0 Å². The van der Waals surface area contributed by atoms with Gasteiger partial charge in [-0.15, -0.1) is 0 Å². The van der Waals surface area contributed by atoms with Gasteiger partial charge in [-0.3, -0.25) is 0 Å². The summed E-state index contributed by atoms with van der Waals surface area (Å²) < 4.78 is 0. The van der Waals surface area contributed by atoms with Crippen LogP contribution in [0.2, 0.25) is 0 Å². The highest BCUT2D eigenvalue weighted by molar-refractivity contribution is 5.21. The second-order valence-electron chi connectivity index (χ2n) is 1.02. The van der Waals surface area contributed by atoms with Crippen molar-refractivity contribution >= 4 is 5.82 Å². The number of nitrogens with two attached hydrogens (primary N) is 1. The largest absolute Gasteiger partial charge is 0.384 e. The summed E-state index contributed by atoms with van der Waals surface area (Å²) in [5, 5.41) is 0. The molecule has 0 aromatic carbocycles. The van der Waals surface area contributed by atoms with E-state index >= 15 is 0 Å². The van der Waals surface area contributed by atoms with Crippen molar-refractivity contribution in [1.29, 1.82) is 0 Å². The van der Waals surface area contributed by atoms with Crippen LogP contribution < -0.4 is 5.73 Å². The minimum atomic E-state index is 0.398. The van der Waals surface area contributed by atoms with Crippen LogP contribution in [0.15, 0.2) is 6.07 Å². The maximum Gasteiger partial charge on any atom is 0.200 e. The van der Waals surface area contributed by atoms with E-state index < -0.39 is 0 Å². The van der Waals surface area contributed by atoms with Crippen LogP contribution in [0, 0.1) is 12.5 Å². The molecule has 0 amide bonds. The van der Waals surface area contributed by atoms with E-state index in [4.69, 9.17) is 5.73 Å². The Bertz CT molecular complexity index is 137. The van der Waals surface area contributed by atoms with Gasteiger partial charge in [0.2, 0.25) is 0 Å². The van der Waals surface area contributed by atoms with Gasteiger partial charge in [0.1, 0.15) is 5.82 Å². The fourth-order valence-electron chi connectivity index (χ4n) is 0.242. The maximum atomic E-state index is 5.14. The average Bonchev–Trinajstić information content (AvgIpc) is 1.69. The third kappa shape index (κ3) is 0.855. The Balaban J connectivity index is 3.02. The zero-order chi connectivity index (χ0) is 5.11. The summed E-state index contributed by atoms with van der Waals surface area (Å²) in [5.41, 5.74) is 5.14. The van der Waals surface area contributed by atoms with Gasteiger partial charge in [0.15, 0.2) is 6.33 Å². The van der Waals surface area contributed by atoms with E-state index in [1.807, 2.05) is 0 Å². The Hall–Kier alpha value is -1.12. The smallest absolute Gasteiger partial charge is 0.200 e. The van der Waals surface area contributed by atoms with Crippen molar-refractivity contribution in [3.63, 3.8) is 0 Å². The summed E-state index contributed by atoms with van der Waals surface area (Å²) >= 11 is 0. The molecule has 2 radical (unpaired) electrons. The van der Waals surface area contributed by atoms with E-state index in [1.54, 1.807) is 0 Å². The van der Waals surface area contributed by atoms with E-state index in [-0.39, 0.29) is 0 Å². The monoisotopic (exact) mass is 93.0 g/mol. The van der Waals surface area contributed by atoms with Crippen molar-refractivity contribution in [2.75, 3.05) is 5.73 Å². The summed E-state index contributed by atoms with van der Waals surface area (Å²) in [7, 11) is 0. The Morgan fingerprint density at radius 3 is 2.86 bits per heavy atom. The molecular weight excluding hydrogens is 90.1 g/mol. The lowest BCUT2D eigenvalue weighted by Crippen LogP contribution is -1.88. The Kier molecular flexibility index (Phi) is 0.898. The van der Waals surface area contributed by atoms with Gasteiger partial charge in [0, 0.05) is 6.07 Å². The molecule has 7 heavy (non-hydrogen) atoms. The number of nitrogen functional groups attached to an aromatic ring is 1. The van der Waals surface area contributed by atoms with Crippen LogP contribution in [0.3, 0.4) is 0 Å². The number of nitrogens with zero attached hydrogens (tertiary/aromatic N) is 2. The predicted molar refractivity (Wildman–Crippen MR) is 24.1 cm³/mol. The average molecular weight is 93.1 g/mol. The van der Waals surface area contributed by atoms with Crippen LogP contribution >= 0.6 is 0 Å². The fourth-order valence-corrected chi connectivity index (χ4v) is 0.242. The fraction of sp³-hybridized carbons (Fsp3) is 0. The zero-order valence-electron chi connectivity index (χ0n) is 3.55. The number of rotatable bonds is 0. The van der Waals surface area contributed by atoms with Crippen LogP contribution in [0.25, 0.3) is 0 Å². The highest BCUT2D eigenvalue weighted by Crippen LogP contribution is 1.84. The second kappa shape index (κ2) is 1.55. The lowest BCUT2D eigenvalue weighted by molar-refractivity contribution is 1.15. The Morgan fingerprint density at radius 2 is 2.57 bits per heavy atom. The second-order valence-corrected chi connectivity index (χ2v) is 1.02. The van der Waals surface area contributed by atoms with Gasteiger partial charge >= 0.3 is 0 Å². The van der Waals surface area contributed by atoms with E-state index in [9.17, 15) is 0 Å². The quantitative estimate of drug-likeness (QED) is 0.477. The van der Waals surface area contributed by atoms with E-state index in [0.29, 0.717) is 5.82 Å². The van der Waals surface area contributed by atoms with Crippen LogP contribution in [-0.4, -0.2) is 9.97 Å². The molecule has 34 valence electrons. The number of hydrogen-bond donors (Lipinski definition) is 1. The molecule has 0 saturated heterocycles. The van der Waals surface area contributed by atoms with Gasteiger partial charge in [0.25, 0.3) is 0 Å². The molecule has 1 rings (SSSR count). The minimum absolute atomic E-state index is 0.398. The van der Waals surface area contributed by atoms with Crippen molar-refractivity contribution in [1.82, 2.24) is 9.97 Å². The molecule has 2 N–H and O–H groups in total. The molecule has 3 nitrogen and oxygen atoms in total. The van der Waals surface area contributed by atoms with Gasteiger partial charge in [0.05, 0.1) is 6.20 Å². The summed E-state index contributed by atoms with van der Waals surface area (Å²) in [4.78, 5) is 6.89. The van der Waals surface area contributed by atoms with Crippen molar-refractivity contribution in [3.8, 4) is 0 Å². The molecule has 1 aromatic heterocycles. The first-order valence-electron chi connectivity index (χ1n) is 1.76. The molecule has 3 heteroatoms. The maximum absolute atomic E-state index is 5.14. The first-order chi connectivity index (χ1) is 3.39. The van der Waals surface area contributed by atoms with Gasteiger partial charge in [-0.2, -0.15) is 0 Å². The molecule has 0 aliphatic heterocycles. The minimum Gasteiger partial charge on any atom is -0.384 e. The molecule has 1 aromatic rings. The van der Waals surface area contributed by atoms with Gasteiger partial charge in [-0.25, -0.2) is 9.97 Å². The van der Waals surface area contributed by atoms with Gasteiger partial charge in [-0.1, -0.05) is 0 Å². The Labute approximate surface area is 41.2 Å². The van der Waals surface area contributed by atoms with Crippen LogP contribution in [0.5, 0.6) is 0 Å². The molecule has 0 aliphatic rings. The van der Waals surface area contributed by atoms with E-state index in [2.05, 4.69) is 22.5 Å². The zero-order valence-corrected chi connectivity index (χ0v) is 3.55. The van der Waals surface area contributed by atoms with Crippen molar-refractivity contribution in [3.05, 3.63) is 18.6 Å². The van der Waals surface area contributed by atoms with Gasteiger partial charge in [-0.05, 0) is 0 Å². The molecule has 0 fully saturated rings. The highest BCUT2D eigenvalue weighted by Gasteiger charge is 1.76. The van der Waals surface area contributed by atoms with Crippen LogP contribution in [0.4, 0.5) is 5.82 Å². The number of anilines is 1. The lowest BCUT2D eigenvalue weighted by Gasteiger charge is -1.80. The summed E-state index contributed by atoms with van der Waals surface area (Å²) in [6.45, 7) is 0. The molecule has 0 saturated carbocycles. The molecule has 0 unspecified atom stereocenters. The topological polar surface area (TPSA) is 51.8 Å². The summed E-state index contributed by atoms with van der Waals surface area (Å²) in [6.07, 6.45) is 4.75. The van der Waals surface area contributed by atoms with Crippen molar-refractivity contribution in [2.45, 2.75) is 0 Å². The first kappa shape index (κ1) is 4.05.